The highest BCUT2D eigenvalue weighted by molar-refractivity contribution is 7.86. The van der Waals surface area contributed by atoms with Gasteiger partial charge in [0.25, 0.3) is 10.2 Å². The molecule has 1 saturated heterocycles. The van der Waals surface area contributed by atoms with Crippen LogP contribution in [0.1, 0.15) is 25.7 Å². The zero-order valence-electron chi connectivity index (χ0n) is 13.5. The average Bonchev–Trinajstić information content (AvgIpc) is 2.84. The van der Waals surface area contributed by atoms with E-state index in [9.17, 15) is 8.42 Å². The molecule has 3 rings (SSSR count). The van der Waals surface area contributed by atoms with Gasteiger partial charge in [-0.1, -0.05) is 25.0 Å². The monoisotopic (exact) mass is 340 g/mol. The summed E-state index contributed by atoms with van der Waals surface area (Å²) in [5.41, 5.74) is 0. The first-order valence-electron chi connectivity index (χ1n) is 8.17. The number of hydrogen-bond acceptors (Lipinski definition) is 4. The van der Waals surface area contributed by atoms with E-state index >= 15 is 0 Å². The lowest BCUT2D eigenvalue weighted by Crippen LogP contribution is -2.47. The SMILES string of the molecule is CN(C[C@@H]1COc2ccccc2O1)S(=O)(=O)N1CCCCCC1. The molecular formula is C16H24N2O4S. The molecule has 1 aromatic carbocycles. The van der Waals surface area contributed by atoms with Crippen LogP contribution in [-0.4, -0.2) is 56.4 Å². The van der Waals surface area contributed by atoms with Crippen LogP contribution in [0, 0.1) is 0 Å². The second-order valence-electron chi connectivity index (χ2n) is 6.10. The van der Waals surface area contributed by atoms with Crippen LogP contribution in [0.5, 0.6) is 11.5 Å². The van der Waals surface area contributed by atoms with Gasteiger partial charge in [-0.05, 0) is 25.0 Å². The van der Waals surface area contributed by atoms with Gasteiger partial charge in [-0.3, -0.25) is 0 Å². The molecule has 0 unspecified atom stereocenters. The van der Waals surface area contributed by atoms with Crippen LogP contribution in [0.15, 0.2) is 24.3 Å². The Morgan fingerprint density at radius 1 is 1.13 bits per heavy atom. The van der Waals surface area contributed by atoms with Gasteiger partial charge in [-0.2, -0.15) is 17.0 Å². The molecule has 0 spiro atoms. The number of benzene rings is 1. The highest BCUT2D eigenvalue weighted by Crippen LogP contribution is 2.31. The van der Waals surface area contributed by atoms with Gasteiger partial charge in [-0.15, -0.1) is 0 Å². The van der Waals surface area contributed by atoms with Crippen molar-refractivity contribution >= 4 is 10.2 Å². The van der Waals surface area contributed by atoms with Crippen LogP contribution >= 0.6 is 0 Å². The number of nitrogens with zero attached hydrogens (tertiary/aromatic N) is 2. The Bertz CT molecular complexity index is 627. The van der Waals surface area contributed by atoms with Gasteiger partial charge in [0.05, 0.1) is 6.54 Å². The highest BCUT2D eigenvalue weighted by atomic mass is 32.2. The molecule has 2 aliphatic rings. The summed E-state index contributed by atoms with van der Waals surface area (Å²) in [6, 6.07) is 7.45. The molecule has 128 valence electrons. The Labute approximate surface area is 138 Å². The van der Waals surface area contributed by atoms with Gasteiger partial charge in [0.15, 0.2) is 11.5 Å². The average molecular weight is 340 g/mol. The van der Waals surface area contributed by atoms with Gasteiger partial charge >= 0.3 is 0 Å². The quantitative estimate of drug-likeness (QED) is 0.840. The molecule has 2 aliphatic heterocycles. The van der Waals surface area contributed by atoms with Crippen LogP contribution in [0.3, 0.4) is 0 Å². The van der Waals surface area contributed by atoms with Crippen molar-refractivity contribution in [3.63, 3.8) is 0 Å². The minimum Gasteiger partial charge on any atom is -0.486 e. The standard InChI is InChI=1S/C16H24N2O4S/c1-17(23(19,20)18-10-6-2-3-7-11-18)12-14-13-21-15-8-4-5-9-16(15)22-14/h4-5,8-9,14H,2-3,6-7,10-13H2,1H3/t14-/m1/s1. The van der Waals surface area contributed by atoms with Gasteiger partial charge in [0, 0.05) is 20.1 Å². The lowest BCUT2D eigenvalue weighted by molar-refractivity contribution is 0.0788. The van der Waals surface area contributed by atoms with Crippen molar-refractivity contribution in [3.8, 4) is 11.5 Å². The van der Waals surface area contributed by atoms with Crippen molar-refractivity contribution in [3.05, 3.63) is 24.3 Å². The number of hydrogen-bond donors (Lipinski definition) is 0. The molecule has 0 radical (unpaired) electrons. The van der Waals surface area contributed by atoms with Crippen molar-refractivity contribution < 1.29 is 17.9 Å². The summed E-state index contributed by atoms with van der Waals surface area (Å²) in [5, 5.41) is 0. The number of rotatable bonds is 4. The summed E-state index contributed by atoms with van der Waals surface area (Å²) in [6.45, 7) is 1.86. The summed E-state index contributed by atoms with van der Waals surface area (Å²) >= 11 is 0. The fourth-order valence-corrected chi connectivity index (χ4v) is 4.47. The maximum atomic E-state index is 12.7. The summed E-state index contributed by atoms with van der Waals surface area (Å²) < 4.78 is 39.9. The van der Waals surface area contributed by atoms with E-state index in [1.54, 1.807) is 11.4 Å². The van der Waals surface area contributed by atoms with Crippen molar-refractivity contribution in [1.29, 1.82) is 0 Å². The molecule has 6 nitrogen and oxygen atoms in total. The first-order valence-corrected chi connectivity index (χ1v) is 9.57. The first kappa shape index (κ1) is 16.5. The Morgan fingerprint density at radius 2 is 1.78 bits per heavy atom. The highest BCUT2D eigenvalue weighted by Gasteiger charge is 2.31. The van der Waals surface area contributed by atoms with Crippen LogP contribution in [-0.2, 0) is 10.2 Å². The predicted molar refractivity (Wildman–Crippen MR) is 87.9 cm³/mol. The maximum Gasteiger partial charge on any atom is 0.281 e. The van der Waals surface area contributed by atoms with E-state index in [-0.39, 0.29) is 12.6 Å². The molecule has 0 N–H and O–H groups in total. The zero-order chi connectivity index (χ0) is 16.3. The molecule has 0 amide bonds. The Morgan fingerprint density at radius 3 is 2.48 bits per heavy atom. The predicted octanol–water partition coefficient (Wildman–Crippen LogP) is 1.88. The van der Waals surface area contributed by atoms with Gasteiger partial charge in [0.1, 0.15) is 12.7 Å². The fraction of sp³-hybridized carbons (Fsp3) is 0.625. The van der Waals surface area contributed by atoms with E-state index in [0.717, 1.165) is 25.7 Å². The molecule has 0 aliphatic carbocycles. The van der Waals surface area contributed by atoms with Gasteiger partial charge < -0.3 is 9.47 Å². The van der Waals surface area contributed by atoms with E-state index in [0.29, 0.717) is 31.2 Å². The van der Waals surface area contributed by atoms with Crippen LogP contribution in [0.4, 0.5) is 0 Å². The molecule has 0 saturated carbocycles. The number of para-hydroxylation sites is 2. The van der Waals surface area contributed by atoms with E-state index < -0.39 is 10.2 Å². The molecule has 0 bridgehead atoms. The third-order valence-corrected chi connectivity index (χ3v) is 6.27. The number of likely N-dealkylation sites (N-methyl/N-ethyl adjacent to an activating group) is 1. The van der Waals surface area contributed by atoms with Crippen LogP contribution in [0.2, 0.25) is 0 Å². The number of ether oxygens (including phenoxy) is 2. The van der Waals surface area contributed by atoms with E-state index in [1.165, 1.54) is 4.31 Å². The Hall–Kier alpha value is -1.31. The van der Waals surface area contributed by atoms with E-state index in [4.69, 9.17) is 9.47 Å². The zero-order valence-corrected chi connectivity index (χ0v) is 14.3. The molecular weight excluding hydrogens is 316 g/mol. The van der Waals surface area contributed by atoms with Gasteiger partial charge in [-0.25, -0.2) is 0 Å². The Kier molecular flexibility index (Phi) is 5.08. The largest absolute Gasteiger partial charge is 0.486 e. The van der Waals surface area contributed by atoms with Crippen LogP contribution < -0.4 is 9.47 Å². The van der Waals surface area contributed by atoms with Crippen molar-refractivity contribution in [2.45, 2.75) is 31.8 Å². The third kappa shape index (κ3) is 3.79. The van der Waals surface area contributed by atoms with Crippen molar-refractivity contribution in [2.24, 2.45) is 0 Å². The molecule has 7 heteroatoms. The first-order chi connectivity index (χ1) is 11.1. The molecule has 1 fully saturated rings. The molecule has 1 aromatic rings. The van der Waals surface area contributed by atoms with Crippen molar-refractivity contribution in [2.75, 3.05) is 33.3 Å². The smallest absolute Gasteiger partial charge is 0.281 e. The fourth-order valence-electron chi connectivity index (χ4n) is 3.00. The van der Waals surface area contributed by atoms with Crippen LogP contribution in [0.25, 0.3) is 0 Å². The molecule has 23 heavy (non-hydrogen) atoms. The number of fused-ring (bicyclic) bond motifs is 1. The van der Waals surface area contributed by atoms with Gasteiger partial charge in [0.2, 0.25) is 0 Å². The topological polar surface area (TPSA) is 59.1 Å². The summed E-state index contributed by atoms with van der Waals surface area (Å²) in [7, 11) is -1.82. The third-order valence-electron chi connectivity index (χ3n) is 4.31. The summed E-state index contributed by atoms with van der Waals surface area (Å²) in [4.78, 5) is 0. The second kappa shape index (κ2) is 7.07. The summed E-state index contributed by atoms with van der Waals surface area (Å²) in [6.07, 6.45) is 3.78. The summed E-state index contributed by atoms with van der Waals surface area (Å²) in [5.74, 6) is 1.38. The van der Waals surface area contributed by atoms with Crippen molar-refractivity contribution in [1.82, 2.24) is 8.61 Å². The minimum absolute atomic E-state index is 0.285. The maximum absolute atomic E-state index is 12.7. The minimum atomic E-state index is -3.43. The lowest BCUT2D eigenvalue weighted by Gasteiger charge is -2.31. The molecule has 1 atom stereocenters. The molecule has 0 aromatic heterocycles. The molecule has 2 heterocycles. The van der Waals surface area contributed by atoms with E-state index in [2.05, 4.69) is 0 Å². The second-order valence-corrected chi connectivity index (χ2v) is 8.13. The van der Waals surface area contributed by atoms with E-state index in [1.807, 2.05) is 24.3 Å². The lowest BCUT2D eigenvalue weighted by atomic mass is 10.2. The Balaban J connectivity index is 1.63. The normalized spacial score (nSPS) is 22.8.